The number of aliphatic hydroxyl groups is 1. The quantitative estimate of drug-likeness (QED) is 0.258. The molecule has 0 heterocycles. The van der Waals surface area contributed by atoms with Crippen molar-refractivity contribution in [1.82, 2.24) is 11.2 Å². The van der Waals surface area contributed by atoms with E-state index in [4.69, 9.17) is 10.3 Å². The molecule has 0 aromatic heterocycles. The fourth-order valence-electron chi connectivity index (χ4n) is 0.129. The van der Waals surface area contributed by atoms with Crippen LogP contribution in [0.2, 0.25) is 0 Å². The molecule has 0 saturated carbocycles. The van der Waals surface area contributed by atoms with Gasteiger partial charge in [-0.05, 0) is 0 Å². The van der Waals surface area contributed by atoms with Gasteiger partial charge in [-0.2, -0.15) is 0 Å². The van der Waals surface area contributed by atoms with Crippen molar-refractivity contribution in [3.8, 4) is 0 Å². The van der Waals surface area contributed by atoms with E-state index >= 15 is 0 Å². The van der Waals surface area contributed by atoms with E-state index < -0.39 is 0 Å². The van der Waals surface area contributed by atoms with Gasteiger partial charge in [-0.15, -0.1) is 11.2 Å². The monoisotopic (exact) mass is 108 g/mol. The number of rotatable bonds is 4. The summed E-state index contributed by atoms with van der Waals surface area (Å²) in [7, 11) is 0. The molecule has 44 valence electrons. The van der Waals surface area contributed by atoms with Crippen molar-refractivity contribution in [2.75, 3.05) is 13.2 Å². The Morgan fingerprint density at radius 2 is 2.29 bits per heavy atom. The molecule has 0 rings (SSSR count). The third-order valence-electron chi connectivity index (χ3n) is 0.311. The molecule has 7 heavy (non-hydrogen) atoms. The fraction of sp³-hybridized carbons (Fsp3) is 1.00. The zero-order valence-electron chi connectivity index (χ0n) is 3.72. The molecule has 0 aromatic carbocycles. The third-order valence-corrected chi connectivity index (χ3v) is 0.311. The summed E-state index contributed by atoms with van der Waals surface area (Å²) in [5.74, 6) is 0. The van der Waals surface area contributed by atoms with Crippen molar-refractivity contribution in [3.63, 3.8) is 0 Å². The molecule has 0 spiro atoms. The summed E-state index contributed by atoms with van der Waals surface area (Å²) >= 11 is 0. The first-order chi connectivity index (χ1) is 3.41. The van der Waals surface area contributed by atoms with Crippen LogP contribution >= 0.6 is 0 Å². The highest BCUT2D eigenvalue weighted by Crippen LogP contribution is 1.57. The number of hydrogen-bond donors (Lipinski definition) is 4. The summed E-state index contributed by atoms with van der Waals surface area (Å²) < 4.78 is 0. The summed E-state index contributed by atoms with van der Waals surface area (Å²) in [4.78, 5) is 4.27. The van der Waals surface area contributed by atoms with Crippen molar-refractivity contribution in [2.24, 2.45) is 0 Å². The van der Waals surface area contributed by atoms with E-state index in [1.807, 2.05) is 5.59 Å². The van der Waals surface area contributed by atoms with E-state index in [1.165, 1.54) is 5.59 Å². The van der Waals surface area contributed by atoms with Gasteiger partial charge in [0, 0.05) is 0 Å². The van der Waals surface area contributed by atoms with Crippen LogP contribution in [0.4, 0.5) is 0 Å². The molecule has 0 aliphatic rings. The summed E-state index contributed by atoms with van der Waals surface area (Å²) in [5.41, 5.74) is 3.41. The van der Waals surface area contributed by atoms with Gasteiger partial charge in [-0.1, -0.05) is 0 Å². The maximum Gasteiger partial charge on any atom is 0.0930 e. The van der Waals surface area contributed by atoms with Crippen LogP contribution in [-0.2, 0) is 4.84 Å². The van der Waals surface area contributed by atoms with Crippen LogP contribution in [0.5, 0.6) is 0 Å². The zero-order valence-corrected chi connectivity index (χ0v) is 3.72. The van der Waals surface area contributed by atoms with Gasteiger partial charge in [0.05, 0.1) is 13.2 Å². The Morgan fingerprint density at radius 3 is 2.71 bits per heavy atom. The molecule has 0 aliphatic carbocycles. The Morgan fingerprint density at radius 1 is 1.57 bits per heavy atom. The summed E-state index contributed by atoms with van der Waals surface area (Å²) in [6.45, 7) is 0.0717. The van der Waals surface area contributed by atoms with Gasteiger partial charge in [-0.25, -0.2) is 0 Å². The second-order valence-corrected chi connectivity index (χ2v) is 0.786. The first kappa shape index (κ1) is 6.80. The first-order valence-electron chi connectivity index (χ1n) is 1.78. The van der Waals surface area contributed by atoms with Gasteiger partial charge in [-0.3, -0.25) is 4.84 Å². The maximum absolute atomic E-state index is 8.02. The molecule has 0 atom stereocenters. The SMILES string of the molecule is OCCONNO. The van der Waals surface area contributed by atoms with E-state index in [9.17, 15) is 0 Å². The van der Waals surface area contributed by atoms with E-state index in [2.05, 4.69) is 4.84 Å². The molecule has 5 heteroatoms. The van der Waals surface area contributed by atoms with Crippen LogP contribution in [0.15, 0.2) is 0 Å². The topological polar surface area (TPSA) is 73.8 Å². The Kier molecular flexibility index (Phi) is 5.63. The number of hydrogen-bond acceptors (Lipinski definition) is 5. The van der Waals surface area contributed by atoms with Gasteiger partial charge >= 0.3 is 0 Å². The second kappa shape index (κ2) is 5.80. The van der Waals surface area contributed by atoms with Crippen LogP contribution in [0.1, 0.15) is 0 Å². The van der Waals surface area contributed by atoms with Crippen LogP contribution in [0.25, 0.3) is 0 Å². The molecule has 0 saturated heterocycles. The van der Waals surface area contributed by atoms with Gasteiger partial charge in [0.2, 0.25) is 0 Å². The molecule has 0 radical (unpaired) electrons. The minimum absolute atomic E-state index is 0.0747. The van der Waals surface area contributed by atoms with Crippen molar-refractivity contribution in [2.45, 2.75) is 0 Å². The van der Waals surface area contributed by atoms with Gasteiger partial charge in [0.1, 0.15) is 0 Å². The summed E-state index contributed by atoms with van der Waals surface area (Å²) in [6.07, 6.45) is 0. The van der Waals surface area contributed by atoms with Crippen molar-refractivity contribution >= 4 is 0 Å². The lowest BCUT2D eigenvalue weighted by atomic mass is 10.8. The van der Waals surface area contributed by atoms with Crippen LogP contribution in [0.3, 0.4) is 0 Å². The van der Waals surface area contributed by atoms with Crippen molar-refractivity contribution in [1.29, 1.82) is 0 Å². The van der Waals surface area contributed by atoms with Crippen molar-refractivity contribution in [3.05, 3.63) is 0 Å². The zero-order chi connectivity index (χ0) is 5.54. The molecule has 5 nitrogen and oxygen atoms in total. The average Bonchev–Trinajstić information content (AvgIpc) is 1.69. The highest BCUT2D eigenvalue weighted by Gasteiger charge is 1.76. The minimum Gasteiger partial charge on any atom is -0.394 e. The Hall–Kier alpha value is -0.200. The predicted octanol–water partition coefficient (Wildman–Crippen LogP) is -1.61. The minimum atomic E-state index is -0.0747. The molecule has 0 fully saturated rings. The average molecular weight is 108 g/mol. The van der Waals surface area contributed by atoms with Crippen molar-refractivity contribution < 1.29 is 15.2 Å². The Balaban J connectivity index is 2.45. The van der Waals surface area contributed by atoms with Crippen LogP contribution in [-0.4, -0.2) is 23.5 Å². The lowest BCUT2D eigenvalue weighted by molar-refractivity contribution is -0.0804. The number of aliphatic hydroxyl groups excluding tert-OH is 1. The largest absolute Gasteiger partial charge is 0.394 e. The number of hydrazine groups is 1. The van der Waals surface area contributed by atoms with Gasteiger partial charge in [0.15, 0.2) is 0 Å². The smallest absolute Gasteiger partial charge is 0.0930 e. The molecule has 0 aliphatic heterocycles. The molecular weight excluding hydrogens is 100 g/mol. The molecule has 0 amide bonds. The lowest BCUT2D eigenvalue weighted by Gasteiger charge is -1.97. The van der Waals surface area contributed by atoms with Crippen LogP contribution < -0.4 is 11.2 Å². The first-order valence-corrected chi connectivity index (χ1v) is 1.78. The molecule has 0 unspecified atom stereocenters. The Bertz CT molecular complexity index is 30.1. The van der Waals surface area contributed by atoms with Gasteiger partial charge in [0.25, 0.3) is 0 Å². The normalized spacial score (nSPS) is 9.43. The highest BCUT2D eigenvalue weighted by molar-refractivity contribution is 4.13. The second-order valence-electron chi connectivity index (χ2n) is 0.786. The lowest BCUT2D eigenvalue weighted by Crippen LogP contribution is -2.29. The predicted molar refractivity (Wildman–Crippen MR) is 21.1 cm³/mol. The van der Waals surface area contributed by atoms with E-state index in [0.29, 0.717) is 0 Å². The molecule has 0 bridgehead atoms. The molecule has 0 aromatic rings. The number of nitrogens with one attached hydrogen (secondary N) is 2. The highest BCUT2D eigenvalue weighted by atomic mass is 16.7. The fourth-order valence-corrected chi connectivity index (χ4v) is 0.129. The summed E-state index contributed by atoms with van der Waals surface area (Å²) in [5, 5.41) is 15.7. The molecular formula is C2H8N2O3. The maximum atomic E-state index is 8.02. The van der Waals surface area contributed by atoms with E-state index in [-0.39, 0.29) is 13.2 Å². The van der Waals surface area contributed by atoms with Gasteiger partial charge < -0.3 is 10.3 Å². The van der Waals surface area contributed by atoms with E-state index in [0.717, 1.165) is 0 Å². The van der Waals surface area contributed by atoms with Crippen LogP contribution in [0, 0.1) is 0 Å². The van der Waals surface area contributed by atoms with E-state index in [1.54, 1.807) is 0 Å². The standard InChI is InChI=1S/C2H8N2O3/c5-1-2-7-4-3-6/h3-6H,1-2H2. The molecule has 4 N–H and O–H groups in total. The Labute approximate surface area is 40.8 Å². The third kappa shape index (κ3) is 5.80. The summed E-state index contributed by atoms with van der Waals surface area (Å²) in [6, 6.07) is 0.